The van der Waals surface area contributed by atoms with Gasteiger partial charge in [0.05, 0.1) is 94.1 Å². The lowest BCUT2D eigenvalue weighted by Gasteiger charge is -2.43. The summed E-state index contributed by atoms with van der Waals surface area (Å²) >= 11 is 0. The number of aliphatic carboxylic acids is 5. The van der Waals surface area contributed by atoms with E-state index in [-0.39, 0.29) is 0 Å². The van der Waals surface area contributed by atoms with E-state index in [9.17, 15) is 126 Å². The predicted octanol–water partition coefficient (Wildman–Crippen LogP) is -13.7. The number of hydrogen-bond donors (Lipinski definition) is 30. The molecule has 0 aliphatic carbocycles. The Labute approximate surface area is 510 Å². The van der Waals surface area contributed by atoms with Gasteiger partial charge < -0.3 is 177 Å². The SMILES string of the molecule is CC1C(O)CC(O)(C(=O)O)OC1C(O)C(O)CO.CC1C(O)CC(O)(C(=O)O)OC1C(O)C(O)CO.CC1C(O)CC(O)(C(=O)O)OC1C(O)C(O)CO.CC1C(O)CC(O)(C(=O)O)OC1C(O)C(O)CO.CC1C(O)CC(O)(C(=O)O)OC1C(O)C(O)CO. The van der Waals surface area contributed by atoms with Crippen LogP contribution < -0.4 is 0 Å². The maximum atomic E-state index is 10.9. The summed E-state index contributed by atoms with van der Waals surface area (Å²) < 4.78 is 24.4. The molecule has 5 aliphatic rings. The van der Waals surface area contributed by atoms with Crippen molar-refractivity contribution in [2.75, 3.05) is 33.0 Å². The first-order chi connectivity index (χ1) is 41.1. The fourth-order valence-corrected chi connectivity index (χ4v) is 9.57. The molecule has 90 heavy (non-hydrogen) atoms. The number of aliphatic hydroxyl groups excluding tert-OH is 20. The van der Waals surface area contributed by atoms with E-state index in [2.05, 4.69) is 0 Å². The van der Waals surface area contributed by atoms with E-state index in [0.717, 1.165) is 0 Å². The van der Waals surface area contributed by atoms with Crippen molar-refractivity contribution in [3.05, 3.63) is 0 Å². The maximum Gasteiger partial charge on any atom is 0.364 e. The van der Waals surface area contributed by atoms with E-state index in [1.165, 1.54) is 34.6 Å². The van der Waals surface area contributed by atoms with Crippen LogP contribution in [0, 0.1) is 29.6 Å². The molecular weight excluding hydrogens is 1240 g/mol. The molecule has 5 saturated heterocycles. The van der Waals surface area contributed by atoms with Crippen molar-refractivity contribution in [3.8, 4) is 0 Å². The van der Waals surface area contributed by atoms with Crippen LogP contribution in [0.5, 0.6) is 0 Å². The zero-order chi connectivity index (χ0) is 70.4. The van der Waals surface area contributed by atoms with Gasteiger partial charge in [-0.3, -0.25) is 0 Å². The lowest BCUT2D eigenvalue weighted by molar-refractivity contribution is -0.302. The summed E-state index contributed by atoms with van der Waals surface area (Å²) in [5, 5.41) is 279. The van der Waals surface area contributed by atoms with Gasteiger partial charge in [-0.25, -0.2) is 24.0 Å². The minimum Gasteiger partial charge on any atom is -0.477 e. The number of carboxylic acids is 5. The number of hydrogen-bond acceptors (Lipinski definition) is 35. The topological polar surface area (TPSA) is 738 Å². The molecule has 0 spiro atoms. The van der Waals surface area contributed by atoms with Gasteiger partial charge in [-0.15, -0.1) is 0 Å². The minimum atomic E-state index is -2.62. The fraction of sp³-hybridized carbons (Fsp3) is 0.900. The number of ether oxygens (including phenoxy) is 5. The molecule has 0 saturated carbocycles. The van der Waals surface area contributed by atoms with Crippen LogP contribution in [-0.4, -0.2) is 367 Å². The fourth-order valence-electron chi connectivity index (χ4n) is 9.57. The van der Waals surface area contributed by atoms with Crippen molar-refractivity contribution >= 4 is 29.8 Å². The maximum absolute atomic E-state index is 10.9. The van der Waals surface area contributed by atoms with Crippen LogP contribution in [-0.2, 0) is 47.7 Å². The Morgan fingerprint density at radius 2 is 0.411 bits per heavy atom. The number of carbonyl (C=O) groups is 5. The van der Waals surface area contributed by atoms with Crippen LogP contribution in [0.15, 0.2) is 0 Å². The second-order valence-electron chi connectivity index (χ2n) is 22.7. The Morgan fingerprint density at radius 3 is 0.500 bits per heavy atom. The molecule has 0 aromatic heterocycles. The van der Waals surface area contributed by atoms with E-state index < -0.39 is 276 Å². The molecule has 0 aromatic carbocycles. The smallest absolute Gasteiger partial charge is 0.364 e. The van der Waals surface area contributed by atoms with Crippen molar-refractivity contribution < 1.29 is 201 Å². The zero-order valence-corrected chi connectivity index (χ0v) is 49.0. The second-order valence-corrected chi connectivity index (χ2v) is 22.7. The summed E-state index contributed by atoms with van der Waals surface area (Å²) in [5.74, 6) is -25.1. The van der Waals surface area contributed by atoms with Crippen molar-refractivity contribution in [3.63, 3.8) is 0 Å². The van der Waals surface area contributed by atoms with E-state index in [0.29, 0.717) is 0 Å². The Balaban J connectivity index is 0.000000562. The summed E-state index contributed by atoms with van der Waals surface area (Å²) in [6.07, 6.45) is -31.2. The first kappa shape index (κ1) is 84.2. The van der Waals surface area contributed by atoms with Crippen LogP contribution >= 0.6 is 0 Å². The van der Waals surface area contributed by atoms with Crippen molar-refractivity contribution in [2.24, 2.45) is 29.6 Å². The molecule has 0 bridgehead atoms. The summed E-state index contributed by atoms with van der Waals surface area (Å²) in [5.41, 5.74) is 0. The molecule has 530 valence electrons. The van der Waals surface area contributed by atoms with Gasteiger partial charge in [0.25, 0.3) is 28.9 Å². The van der Waals surface area contributed by atoms with Gasteiger partial charge in [-0.1, -0.05) is 34.6 Å². The largest absolute Gasteiger partial charge is 0.477 e. The number of rotatable bonds is 20. The lowest BCUT2D eigenvalue weighted by atomic mass is 9.85. The minimum absolute atomic E-state index is 0.540. The van der Waals surface area contributed by atoms with E-state index in [4.69, 9.17) is 74.7 Å². The molecule has 5 aliphatic heterocycles. The monoisotopic (exact) mass is 1330 g/mol. The average molecular weight is 1330 g/mol. The summed E-state index contributed by atoms with van der Waals surface area (Å²) in [6.45, 7) is 3.61. The van der Waals surface area contributed by atoms with Gasteiger partial charge in [-0.05, 0) is 0 Å². The van der Waals surface area contributed by atoms with Crippen LogP contribution in [0.3, 0.4) is 0 Å². The third-order valence-electron chi connectivity index (χ3n) is 16.0. The molecule has 5 fully saturated rings. The van der Waals surface area contributed by atoms with Gasteiger partial charge >= 0.3 is 29.8 Å². The third kappa shape index (κ3) is 21.1. The standard InChI is InChI=1S/5C10H18O8/c5*1-4-5(12)2-10(17,9(15)16)18-8(4)7(14)6(13)3-11/h5*4-8,11-14,17H,2-3H2,1H3,(H,15,16). The third-order valence-corrected chi connectivity index (χ3v) is 16.0. The molecule has 0 amide bonds. The van der Waals surface area contributed by atoms with E-state index in [1.807, 2.05) is 0 Å². The van der Waals surface area contributed by atoms with Gasteiger partial charge in [0.15, 0.2) is 0 Å². The summed E-state index contributed by atoms with van der Waals surface area (Å²) in [7, 11) is 0. The zero-order valence-electron chi connectivity index (χ0n) is 49.0. The summed E-state index contributed by atoms with van der Waals surface area (Å²) in [6, 6.07) is 0. The molecule has 0 radical (unpaired) electrons. The number of aliphatic hydroxyl groups is 25. The van der Waals surface area contributed by atoms with Crippen LogP contribution in [0.1, 0.15) is 66.7 Å². The first-order valence-corrected chi connectivity index (χ1v) is 27.6. The van der Waals surface area contributed by atoms with E-state index in [1.54, 1.807) is 0 Å². The Kier molecular flexibility index (Phi) is 32.8. The highest BCUT2D eigenvalue weighted by molar-refractivity contribution is 5.77. The highest BCUT2D eigenvalue weighted by atomic mass is 16.7. The molecule has 30 atom stereocenters. The normalized spacial score (nSPS) is 40.2. The van der Waals surface area contributed by atoms with Gasteiger partial charge in [0.1, 0.15) is 61.0 Å². The molecular formula is C50H90O40. The molecule has 40 heteroatoms. The molecule has 5 heterocycles. The predicted molar refractivity (Wildman–Crippen MR) is 282 cm³/mol. The summed E-state index contributed by atoms with van der Waals surface area (Å²) in [4.78, 5) is 54.3. The Bertz CT molecular complexity index is 1890. The van der Waals surface area contributed by atoms with Gasteiger partial charge in [-0.2, -0.15) is 0 Å². The van der Waals surface area contributed by atoms with Crippen molar-refractivity contribution in [1.29, 1.82) is 0 Å². The molecule has 5 rings (SSSR count). The van der Waals surface area contributed by atoms with E-state index >= 15 is 0 Å². The first-order valence-electron chi connectivity index (χ1n) is 27.6. The van der Waals surface area contributed by atoms with Crippen LogP contribution in [0.4, 0.5) is 0 Å². The average Bonchev–Trinajstić information content (AvgIpc) is 1.48. The Hall–Kier alpha value is -3.85. The number of carboxylic acid groups (broad SMARTS) is 5. The lowest BCUT2D eigenvalue weighted by Crippen LogP contribution is -2.60. The van der Waals surface area contributed by atoms with Crippen molar-refractivity contribution in [2.45, 2.75) is 218 Å². The van der Waals surface area contributed by atoms with Crippen molar-refractivity contribution in [1.82, 2.24) is 0 Å². The molecule has 40 nitrogen and oxygen atoms in total. The Morgan fingerprint density at radius 1 is 0.300 bits per heavy atom. The van der Waals surface area contributed by atoms with Gasteiger partial charge in [0, 0.05) is 61.7 Å². The van der Waals surface area contributed by atoms with Gasteiger partial charge in [0.2, 0.25) is 0 Å². The second kappa shape index (κ2) is 35.1. The molecule has 0 aromatic rings. The highest BCUT2D eigenvalue weighted by Crippen LogP contribution is 2.39. The molecule has 30 unspecified atom stereocenters. The molecule has 30 N–H and O–H groups in total. The van der Waals surface area contributed by atoms with Crippen LogP contribution in [0.2, 0.25) is 0 Å². The highest BCUT2D eigenvalue weighted by Gasteiger charge is 2.57. The quantitative estimate of drug-likeness (QED) is 0.0538. The van der Waals surface area contributed by atoms with Crippen LogP contribution in [0.25, 0.3) is 0 Å².